The van der Waals surface area contributed by atoms with Crippen molar-refractivity contribution < 1.29 is 13.2 Å². The van der Waals surface area contributed by atoms with Gasteiger partial charge < -0.3 is 4.74 Å². The molecule has 19 heavy (non-hydrogen) atoms. The van der Waals surface area contributed by atoms with E-state index in [2.05, 4.69) is 11.8 Å². The molecule has 5 nitrogen and oxygen atoms in total. The minimum absolute atomic E-state index is 0.00819. The molecule has 1 spiro atoms. The van der Waals surface area contributed by atoms with Crippen molar-refractivity contribution in [3.63, 3.8) is 0 Å². The van der Waals surface area contributed by atoms with Crippen LogP contribution in [0.3, 0.4) is 0 Å². The molecule has 0 saturated carbocycles. The van der Waals surface area contributed by atoms with Crippen molar-refractivity contribution in [2.75, 3.05) is 45.1 Å². The number of hydrogen-bond donors (Lipinski definition) is 0. The fourth-order valence-electron chi connectivity index (χ4n) is 3.32. The van der Waals surface area contributed by atoms with Crippen molar-refractivity contribution in [2.24, 2.45) is 0 Å². The molecule has 0 unspecified atom stereocenters. The second-order valence-corrected chi connectivity index (χ2v) is 7.76. The van der Waals surface area contributed by atoms with Gasteiger partial charge in [-0.15, -0.1) is 0 Å². The van der Waals surface area contributed by atoms with E-state index in [1.165, 1.54) is 0 Å². The van der Waals surface area contributed by atoms with Crippen LogP contribution in [0.1, 0.15) is 33.1 Å². The minimum Gasteiger partial charge on any atom is -0.381 e. The van der Waals surface area contributed by atoms with Crippen LogP contribution in [0, 0.1) is 0 Å². The molecule has 0 radical (unpaired) electrons. The number of hydrogen-bond acceptors (Lipinski definition) is 4. The summed E-state index contributed by atoms with van der Waals surface area (Å²) in [5.74, 6) is 0.200. The van der Waals surface area contributed by atoms with Crippen LogP contribution in [0.5, 0.6) is 0 Å². The molecule has 0 aliphatic carbocycles. The van der Waals surface area contributed by atoms with Crippen molar-refractivity contribution >= 4 is 10.0 Å². The molecule has 6 heteroatoms. The number of rotatable bonds is 3. The van der Waals surface area contributed by atoms with Gasteiger partial charge in [-0.3, -0.25) is 4.90 Å². The van der Waals surface area contributed by atoms with Crippen molar-refractivity contribution in [1.82, 2.24) is 9.21 Å². The summed E-state index contributed by atoms with van der Waals surface area (Å²) in [6.45, 7) is 8.67. The largest absolute Gasteiger partial charge is 0.381 e. The number of ether oxygens (including phenoxy) is 1. The van der Waals surface area contributed by atoms with Crippen LogP contribution in [-0.2, 0) is 14.8 Å². The smallest absolute Gasteiger partial charge is 0.213 e. The lowest BCUT2D eigenvalue weighted by Gasteiger charge is -2.46. The molecular weight excluding hydrogens is 264 g/mol. The summed E-state index contributed by atoms with van der Waals surface area (Å²) < 4.78 is 31.6. The summed E-state index contributed by atoms with van der Waals surface area (Å²) >= 11 is 0. The van der Waals surface area contributed by atoms with E-state index in [1.807, 2.05) is 0 Å². The molecule has 2 heterocycles. The first-order chi connectivity index (χ1) is 9.04. The van der Waals surface area contributed by atoms with Gasteiger partial charge >= 0.3 is 0 Å². The molecule has 2 aliphatic heterocycles. The summed E-state index contributed by atoms with van der Waals surface area (Å²) in [7, 11) is -3.09. The molecular formula is C13H26N2O3S. The average Bonchev–Trinajstić information content (AvgIpc) is 2.60. The predicted molar refractivity (Wildman–Crippen MR) is 75.7 cm³/mol. The van der Waals surface area contributed by atoms with Gasteiger partial charge in [0.1, 0.15) is 0 Å². The molecule has 2 saturated heterocycles. The van der Waals surface area contributed by atoms with E-state index in [0.717, 1.165) is 45.6 Å². The van der Waals surface area contributed by atoms with Gasteiger partial charge in [0, 0.05) is 31.8 Å². The number of likely N-dealkylation sites (N-methyl/N-ethyl adjacent to an activating group) is 1. The Morgan fingerprint density at radius 2 is 1.84 bits per heavy atom. The SMILES string of the molecule is CCN1CCCN(S(=O)(=O)CC)CC12CCOCC2. The quantitative estimate of drug-likeness (QED) is 0.775. The highest BCUT2D eigenvalue weighted by atomic mass is 32.2. The summed E-state index contributed by atoms with van der Waals surface area (Å²) in [6, 6.07) is 0. The maximum Gasteiger partial charge on any atom is 0.213 e. The third-order valence-electron chi connectivity index (χ3n) is 4.54. The van der Waals surface area contributed by atoms with Crippen LogP contribution < -0.4 is 0 Å². The molecule has 0 amide bonds. The van der Waals surface area contributed by atoms with Gasteiger partial charge in [-0.05, 0) is 39.3 Å². The standard InChI is InChI=1S/C13H26N2O3S/c1-3-14-8-5-9-15(19(16,17)4-2)12-13(14)6-10-18-11-7-13/h3-12H2,1-2H3. The Morgan fingerprint density at radius 1 is 1.16 bits per heavy atom. The van der Waals surface area contributed by atoms with E-state index in [1.54, 1.807) is 11.2 Å². The first-order valence-electron chi connectivity index (χ1n) is 7.35. The van der Waals surface area contributed by atoms with E-state index >= 15 is 0 Å². The second kappa shape index (κ2) is 6.08. The topological polar surface area (TPSA) is 49.9 Å². The van der Waals surface area contributed by atoms with Crippen LogP contribution >= 0.6 is 0 Å². The van der Waals surface area contributed by atoms with Gasteiger partial charge in [0.25, 0.3) is 0 Å². The summed E-state index contributed by atoms with van der Waals surface area (Å²) in [4.78, 5) is 2.47. The summed E-state index contributed by atoms with van der Waals surface area (Å²) in [5.41, 5.74) is -0.00819. The zero-order chi connectivity index (χ0) is 13.9. The Morgan fingerprint density at radius 3 is 2.42 bits per heavy atom. The molecule has 0 aromatic carbocycles. The molecule has 0 atom stereocenters. The highest BCUT2D eigenvalue weighted by Crippen LogP contribution is 2.32. The monoisotopic (exact) mass is 290 g/mol. The molecule has 2 fully saturated rings. The van der Waals surface area contributed by atoms with Crippen LogP contribution in [0.15, 0.2) is 0 Å². The maximum atomic E-state index is 12.2. The lowest BCUT2D eigenvalue weighted by molar-refractivity contribution is -0.0263. The highest BCUT2D eigenvalue weighted by Gasteiger charge is 2.42. The Hall–Kier alpha value is -0.170. The van der Waals surface area contributed by atoms with Crippen molar-refractivity contribution in [1.29, 1.82) is 0 Å². The minimum atomic E-state index is -3.09. The van der Waals surface area contributed by atoms with Crippen molar-refractivity contribution in [3.05, 3.63) is 0 Å². The molecule has 112 valence electrons. The predicted octanol–water partition coefficient (Wildman–Crippen LogP) is 0.913. The van der Waals surface area contributed by atoms with E-state index in [0.29, 0.717) is 13.1 Å². The zero-order valence-corrected chi connectivity index (χ0v) is 12.9. The lowest BCUT2D eigenvalue weighted by Crippen LogP contribution is -2.57. The number of sulfonamides is 1. The van der Waals surface area contributed by atoms with Gasteiger partial charge in [-0.1, -0.05) is 6.92 Å². The van der Waals surface area contributed by atoms with Crippen molar-refractivity contribution in [3.8, 4) is 0 Å². The zero-order valence-electron chi connectivity index (χ0n) is 12.1. The second-order valence-electron chi connectivity index (χ2n) is 5.50. The Labute approximate surface area is 117 Å². The van der Waals surface area contributed by atoms with E-state index in [-0.39, 0.29) is 11.3 Å². The first kappa shape index (κ1) is 15.2. The fraction of sp³-hybridized carbons (Fsp3) is 1.00. The fourth-order valence-corrected chi connectivity index (χ4v) is 4.53. The van der Waals surface area contributed by atoms with E-state index < -0.39 is 10.0 Å². The number of nitrogens with zero attached hydrogens (tertiary/aromatic N) is 2. The van der Waals surface area contributed by atoms with Crippen LogP contribution in [0.25, 0.3) is 0 Å². The van der Waals surface area contributed by atoms with Crippen LogP contribution in [0.4, 0.5) is 0 Å². The molecule has 0 aromatic heterocycles. The highest BCUT2D eigenvalue weighted by molar-refractivity contribution is 7.89. The maximum absolute atomic E-state index is 12.2. The average molecular weight is 290 g/mol. The third-order valence-corrected chi connectivity index (χ3v) is 6.37. The van der Waals surface area contributed by atoms with Crippen LogP contribution in [0.2, 0.25) is 0 Å². The van der Waals surface area contributed by atoms with Crippen LogP contribution in [-0.4, -0.2) is 68.3 Å². The normalized spacial score (nSPS) is 26.4. The molecule has 0 N–H and O–H groups in total. The van der Waals surface area contributed by atoms with Crippen molar-refractivity contribution in [2.45, 2.75) is 38.6 Å². The Bertz CT molecular complexity index is 391. The van der Waals surface area contributed by atoms with Gasteiger partial charge in [-0.25, -0.2) is 12.7 Å². The van der Waals surface area contributed by atoms with Gasteiger partial charge in [0.05, 0.1) is 5.75 Å². The molecule has 0 aromatic rings. The van der Waals surface area contributed by atoms with E-state index in [9.17, 15) is 8.42 Å². The summed E-state index contributed by atoms with van der Waals surface area (Å²) in [6.07, 6.45) is 2.81. The third kappa shape index (κ3) is 3.12. The molecule has 2 rings (SSSR count). The van der Waals surface area contributed by atoms with E-state index in [4.69, 9.17) is 4.74 Å². The molecule has 2 aliphatic rings. The summed E-state index contributed by atoms with van der Waals surface area (Å²) in [5, 5.41) is 0. The van der Waals surface area contributed by atoms with Gasteiger partial charge in [0.15, 0.2) is 0 Å². The van der Waals surface area contributed by atoms with Gasteiger partial charge in [0.2, 0.25) is 10.0 Å². The van der Waals surface area contributed by atoms with Gasteiger partial charge in [-0.2, -0.15) is 0 Å². The Kier molecular flexibility index (Phi) is 4.87. The first-order valence-corrected chi connectivity index (χ1v) is 8.95. The lowest BCUT2D eigenvalue weighted by atomic mass is 9.88. The Balaban J connectivity index is 2.25. The molecule has 0 bridgehead atoms.